The number of furan rings is 1. The molecule has 1 aromatic heterocycles. The van der Waals surface area contributed by atoms with Crippen molar-refractivity contribution >= 4 is 5.91 Å². The van der Waals surface area contributed by atoms with E-state index >= 15 is 0 Å². The minimum atomic E-state index is -0.303. The summed E-state index contributed by atoms with van der Waals surface area (Å²) in [6.07, 6.45) is 1.37. The molecule has 140 valence electrons. The number of hydrogen-bond donors (Lipinski definition) is 1. The van der Waals surface area contributed by atoms with E-state index in [-0.39, 0.29) is 29.7 Å². The fraction of sp³-hybridized carbons (Fsp3) is 0.450. The first-order valence-corrected chi connectivity index (χ1v) is 9.03. The molecular formula is C20H25FN2O3. The Hall–Kier alpha value is -2.18. The fourth-order valence-electron chi connectivity index (χ4n) is 3.29. The predicted molar refractivity (Wildman–Crippen MR) is 97.5 cm³/mol. The van der Waals surface area contributed by atoms with Crippen LogP contribution in [0.5, 0.6) is 0 Å². The van der Waals surface area contributed by atoms with E-state index < -0.39 is 0 Å². The largest absolute Gasteiger partial charge is 0.451 e. The third kappa shape index (κ3) is 4.93. The molecular weight excluding hydrogens is 335 g/mol. The zero-order valence-corrected chi connectivity index (χ0v) is 15.2. The van der Waals surface area contributed by atoms with Gasteiger partial charge in [0.25, 0.3) is 5.91 Å². The molecule has 6 heteroatoms. The Morgan fingerprint density at radius 3 is 2.54 bits per heavy atom. The third-order valence-electron chi connectivity index (χ3n) is 4.39. The first kappa shape index (κ1) is 18.6. The second-order valence-corrected chi connectivity index (χ2v) is 6.80. The van der Waals surface area contributed by atoms with Crippen LogP contribution in [0.25, 0.3) is 11.3 Å². The molecule has 1 saturated heterocycles. The molecule has 1 aromatic carbocycles. The van der Waals surface area contributed by atoms with Crippen molar-refractivity contribution in [2.45, 2.75) is 32.5 Å². The second kappa shape index (κ2) is 8.47. The monoisotopic (exact) mass is 360 g/mol. The van der Waals surface area contributed by atoms with E-state index in [1.807, 2.05) is 0 Å². The van der Waals surface area contributed by atoms with Gasteiger partial charge in [0.2, 0.25) is 0 Å². The number of nitrogens with one attached hydrogen (secondary N) is 1. The molecule has 2 aromatic rings. The van der Waals surface area contributed by atoms with Crippen LogP contribution in [0.3, 0.4) is 0 Å². The lowest BCUT2D eigenvalue weighted by atomic mass is 10.2. The Bertz CT molecular complexity index is 719. The zero-order chi connectivity index (χ0) is 18.5. The van der Waals surface area contributed by atoms with Gasteiger partial charge < -0.3 is 14.5 Å². The summed E-state index contributed by atoms with van der Waals surface area (Å²) in [5, 5.41) is 2.88. The van der Waals surface area contributed by atoms with Gasteiger partial charge >= 0.3 is 0 Å². The molecule has 1 aliphatic heterocycles. The standard InChI is InChI=1S/C20H25FN2O3/c1-14-12-23(13-15(2)25-14)11-3-10-22-20(24)19-9-8-18(26-19)16-4-6-17(21)7-5-16/h4-9,14-15H,3,10-13H2,1-2H3,(H,22,24)/t14-,15-/m1/s1. The molecule has 0 saturated carbocycles. The number of halogens is 1. The lowest BCUT2D eigenvalue weighted by molar-refractivity contribution is -0.0680. The summed E-state index contributed by atoms with van der Waals surface area (Å²) in [6, 6.07) is 9.34. The van der Waals surface area contributed by atoms with Crippen LogP contribution in [0, 0.1) is 5.82 Å². The van der Waals surface area contributed by atoms with Gasteiger partial charge in [-0.3, -0.25) is 9.69 Å². The smallest absolute Gasteiger partial charge is 0.287 e. The average Bonchev–Trinajstić information content (AvgIpc) is 3.08. The van der Waals surface area contributed by atoms with E-state index in [4.69, 9.17) is 9.15 Å². The lowest BCUT2D eigenvalue weighted by Crippen LogP contribution is -2.46. The van der Waals surface area contributed by atoms with Crippen LogP contribution in [0.1, 0.15) is 30.8 Å². The van der Waals surface area contributed by atoms with Crippen molar-refractivity contribution < 1.29 is 18.3 Å². The highest BCUT2D eigenvalue weighted by Crippen LogP contribution is 2.22. The lowest BCUT2D eigenvalue weighted by Gasteiger charge is -2.35. The van der Waals surface area contributed by atoms with Crippen LogP contribution in [0.15, 0.2) is 40.8 Å². The van der Waals surface area contributed by atoms with Gasteiger partial charge in [-0.15, -0.1) is 0 Å². The van der Waals surface area contributed by atoms with E-state index in [0.717, 1.165) is 31.6 Å². The fourth-order valence-corrected chi connectivity index (χ4v) is 3.29. The first-order valence-electron chi connectivity index (χ1n) is 9.03. The van der Waals surface area contributed by atoms with Crippen LogP contribution in [-0.2, 0) is 4.74 Å². The van der Waals surface area contributed by atoms with E-state index in [9.17, 15) is 9.18 Å². The maximum Gasteiger partial charge on any atom is 0.287 e. The molecule has 1 aliphatic rings. The van der Waals surface area contributed by atoms with Crippen molar-refractivity contribution in [1.82, 2.24) is 10.2 Å². The molecule has 26 heavy (non-hydrogen) atoms. The molecule has 0 spiro atoms. The molecule has 0 unspecified atom stereocenters. The Morgan fingerprint density at radius 1 is 1.15 bits per heavy atom. The Morgan fingerprint density at radius 2 is 1.85 bits per heavy atom. The normalized spacial score (nSPS) is 20.9. The molecule has 1 fully saturated rings. The van der Waals surface area contributed by atoms with Crippen molar-refractivity contribution in [1.29, 1.82) is 0 Å². The van der Waals surface area contributed by atoms with Crippen molar-refractivity contribution in [3.63, 3.8) is 0 Å². The van der Waals surface area contributed by atoms with Gasteiger partial charge in [-0.05, 0) is 56.7 Å². The first-order chi connectivity index (χ1) is 12.5. The molecule has 0 aliphatic carbocycles. The van der Waals surface area contributed by atoms with Crippen LogP contribution in [0.2, 0.25) is 0 Å². The summed E-state index contributed by atoms with van der Waals surface area (Å²) in [7, 11) is 0. The summed E-state index contributed by atoms with van der Waals surface area (Å²) in [5.74, 6) is 0.272. The summed E-state index contributed by atoms with van der Waals surface area (Å²) in [4.78, 5) is 14.6. The highest BCUT2D eigenvalue weighted by atomic mass is 19.1. The minimum absolute atomic E-state index is 0.234. The van der Waals surface area contributed by atoms with Crippen LogP contribution < -0.4 is 5.32 Å². The number of rotatable bonds is 6. The van der Waals surface area contributed by atoms with Crippen molar-refractivity contribution in [3.8, 4) is 11.3 Å². The van der Waals surface area contributed by atoms with Gasteiger partial charge in [0.05, 0.1) is 12.2 Å². The van der Waals surface area contributed by atoms with Gasteiger partial charge in [0, 0.05) is 31.7 Å². The maximum absolute atomic E-state index is 13.0. The van der Waals surface area contributed by atoms with E-state index in [1.54, 1.807) is 24.3 Å². The van der Waals surface area contributed by atoms with Gasteiger partial charge in [0.15, 0.2) is 5.76 Å². The number of nitrogens with zero attached hydrogens (tertiary/aromatic N) is 1. The van der Waals surface area contributed by atoms with E-state index in [2.05, 4.69) is 24.1 Å². The van der Waals surface area contributed by atoms with Gasteiger partial charge in [-0.1, -0.05) is 0 Å². The summed E-state index contributed by atoms with van der Waals surface area (Å²) < 4.78 is 24.3. The third-order valence-corrected chi connectivity index (χ3v) is 4.39. The van der Waals surface area contributed by atoms with Crippen molar-refractivity contribution in [3.05, 3.63) is 48.0 Å². The molecule has 1 amide bonds. The van der Waals surface area contributed by atoms with Crippen LogP contribution >= 0.6 is 0 Å². The summed E-state index contributed by atoms with van der Waals surface area (Å²) in [5.41, 5.74) is 0.737. The number of ether oxygens (including phenoxy) is 1. The summed E-state index contributed by atoms with van der Waals surface area (Å²) in [6.45, 7) is 7.54. The quantitative estimate of drug-likeness (QED) is 0.803. The number of carbonyl (C=O) groups is 1. The van der Waals surface area contributed by atoms with Crippen molar-refractivity contribution in [2.24, 2.45) is 0 Å². The number of morpholine rings is 1. The van der Waals surface area contributed by atoms with Gasteiger partial charge in [-0.25, -0.2) is 4.39 Å². The van der Waals surface area contributed by atoms with Crippen molar-refractivity contribution in [2.75, 3.05) is 26.2 Å². The summed E-state index contributed by atoms with van der Waals surface area (Å²) >= 11 is 0. The number of carbonyl (C=O) groups excluding carboxylic acids is 1. The molecule has 2 atom stereocenters. The zero-order valence-electron chi connectivity index (χ0n) is 15.2. The highest BCUT2D eigenvalue weighted by molar-refractivity contribution is 5.92. The van der Waals surface area contributed by atoms with E-state index in [1.165, 1.54) is 12.1 Å². The minimum Gasteiger partial charge on any atom is -0.451 e. The van der Waals surface area contributed by atoms with E-state index in [0.29, 0.717) is 12.3 Å². The molecule has 2 heterocycles. The molecule has 0 bridgehead atoms. The average molecular weight is 360 g/mol. The van der Waals surface area contributed by atoms with Crippen LogP contribution in [0.4, 0.5) is 4.39 Å². The molecule has 1 N–H and O–H groups in total. The Balaban J connectivity index is 1.44. The Labute approximate surface area is 153 Å². The predicted octanol–water partition coefficient (Wildman–Crippen LogP) is 3.31. The molecule has 0 radical (unpaired) electrons. The number of benzene rings is 1. The SMILES string of the molecule is C[C@@H]1CN(CCCNC(=O)c2ccc(-c3ccc(F)cc3)o2)C[C@@H](C)O1. The Kier molecular flexibility index (Phi) is 6.06. The number of amides is 1. The van der Waals surface area contributed by atoms with Crippen LogP contribution in [-0.4, -0.2) is 49.2 Å². The topological polar surface area (TPSA) is 54.7 Å². The highest BCUT2D eigenvalue weighted by Gasteiger charge is 2.21. The second-order valence-electron chi connectivity index (χ2n) is 6.80. The van der Waals surface area contributed by atoms with Gasteiger partial charge in [-0.2, -0.15) is 0 Å². The molecule has 5 nitrogen and oxygen atoms in total. The maximum atomic E-state index is 13.0. The van der Waals surface area contributed by atoms with Gasteiger partial charge in [0.1, 0.15) is 11.6 Å². The number of hydrogen-bond acceptors (Lipinski definition) is 4. The molecule has 3 rings (SSSR count).